The molecule has 0 saturated heterocycles. The maximum Gasteiger partial charge on any atom is 0.573 e. The first-order valence-corrected chi connectivity index (χ1v) is 7.54. The third-order valence-electron chi connectivity index (χ3n) is 3.52. The number of benzene rings is 2. The molecule has 25 heavy (non-hydrogen) atoms. The Labute approximate surface area is 143 Å². The zero-order valence-electron chi connectivity index (χ0n) is 13.7. The van der Waals surface area contributed by atoms with E-state index in [0.717, 1.165) is 17.7 Å². The van der Waals surface area contributed by atoms with Crippen molar-refractivity contribution in [3.8, 4) is 5.75 Å². The molecule has 2 rings (SSSR count). The SMILES string of the molecule is COC(c1ccccc1)C(C)NC(=O)c1cccc(OC(F)(F)F)c1. The zero-order valence-corrected chi connectivity index (χ0v) is 13.7. The van der Waals surface area contributed by atoms with Crippen LogP contribution in [0.3, 0.4) is 0 Å². The summed E-state index contributed by atoms with van der Waals surface area (Å²) >= 11 is 0. The van der Waals surface area contributed by atoms with E-state index in [-0.39, 0.29) is 11.7 Å². The first-order chi connectivity index (χ1) is 11.8. The predicted molar refractivity (Wildman–Crippen MR) is 86.2 cm³/mol. The fourth-order valence-electron chi connectivity index (χ4n) is 2.47. The molecule has 2 aromatic carbocycles. The third-order valence-corrected chi connectivity index (χ3v) is 3.52. The molecule has 7 heteroatoms. The number of nitrogens with one attached hydrogen (secondary N) is 1. The second kappa shape index (κ2) is 8.02. The molecule has 0 aliphatic rings. The van der Waals surface area contributed by atoms with Crippen LogP contribution in [0.2, 0.25) is 0 Å². The van der Waals surface area contributed by atoms with Gasteiger partial charge in [-0.15, -0.1) is 13.2 Å². The van der Waals surface area contributed by atoms with Gasteiger partial charge in [-0.1, -0.05) is 36.4 Å². The molecule has 1 N–H and O–H groups in total. The van der Waals surface area contributed by atoms with Crippen molar-refractivity contribution < 1.29 is 27.4 Å². The Balaban J connectivity index is 2.09. The summed E-state index contributed by atoms with van der Waals surface area (Å²) in [6.07, 6.45) is -5.20. The lowest BCUT2D eigenvalue weighted by Crippen LogP contribution is -2.37. The Hall–Kier alpha value is -2.54. The van der Waals surface area contributed by atoms with Crippen LogP contribution in [0.1, 0.15) is 28.9 Å². The van der Waals surface area contributed by atoms with Gasteiger partial charge in [-0.2, -0.15) is 0 Å². The second-order valence-corrected chi connectivity index (χ2v) is 5.40. The first-order valence-electron chi connectivity index (χ1n) is 7.54. The molecular weight excluding hydrogens is 335 g/mol. The van der Waals surface area contributed by atoms with Crippen LogP contribution in [0.5, 0.6) is 5.75 Å². The molecule has 0 spiro atoms. The van der Waals surface area contributed by atoms with Gasteiger partial charge in [0.2, 0.25) is 0 Å². The molecule has 0 saturated carbocycles. The summed E-state index contributed by atoms with van der Waals surface area (Å²) in [5.41, 5.74) is 0.948. The highest BCUT2D eigenvalue weighted by atomic mass is 19.4. The van der Waals surface area contributed by atoms with Crippen LogP contribution < -0.4 is 10.1 Å². The van der Waals surface area contributed by atoms with Crippen molar-refractivity contribution in [2.45, 2.75) is 25.4 Å². The predicted octanol–water partition coefficient (Wildman–Crippen LogP) is 4.09. The lowest BCUT2D eigenvalue weighted by molar-refractivity contribution is -0.274. The van der Waals surface area contributed by atoms with E-state index in [4.69, 9.17) is 4.74 Å². The van der Waals surface area contributed by atoms with Gasteiger partial charge in [-0.3, -0.25) is 4.79 Å². The van der Waals surface area contributed by atoms with Crippen molar-refractivity contribution in [2.75, 3.05) is 7.11 Å². The van der Waals surface area contributed by atoms with Crippen molar-refractivity contribution in [1.29, 1.82) is 0 Å². The molecule has 0 aliphatic heterocycles. The number of halogens is 3. The smallest absolute Gasteiger partial charge is 0.406 e. The molecule has 0 aromatic heterocycles. The number of ether oxygens (including phenoxy) is 2. The maximum atomic E-state index is 12.3. The minimum Gasteiger partial charge on any atom is -0.406 e. The molecule has 2 aromatic rings. The number of amides is 1. The van der Waals surface area contributed by atoms with E-state index in [1.807, 2.05) is 30.3 Å². The topological polar surface area (TPSA) is 47.6 Å². The lowest BCUT2D eigenvalue weighted by atomic mass is 10.0. The Kier molecular flexibility index (Phi) is 6.03. The van der Waals surface area contributed by atoms with Crippen molar-refractivity contribution in [3.05, 3.63) is 65.7 Å². The standard InChI is InChI=1S/C18H18F3NO3/c1-12(16(24-2)13-7-4-3-5-8-13)22-17(23)14-9-6-10-15(11-14)25-18(19,20)21/h3-12,16H,1-2H3,(H,22,23). The number of carbonyl (C=O) groups excluding carboxylic acids is 1. The van der Waals surface area contributed by atoms with Crippen LogP contribution in [-0.4, -0.2) is 25.4 Å². The van der Waals surface area contributed by atoms with E-state index in [2.05, 4.69) is 10.1 Å². The Bertz CT molecular complexity index is 704. The summed E-state index contributed by atoms with van der Waals surface area (Å²) in [7, 11) is 1.53. The van der Waals surface area contributed by atoms with Gasteiger partial charge in [-0.05, 0) is 30.7 Å². The van der Waals surface area contributed by atoms with Gasteiger partial charge < -0.3 is 14.8 Å². The second-order valence-electron chi connectivity index (χ2n) is 5.40. The fourth-order valence-corrected chi connectivity index (χ4v) is 2.47. The molecule has 134 valence electrons. The van der Waals surface area contributed by atoms with Crippen molar-refractivity contribution in [2.24, 2.45) is 0 Å². The summed E-state index contributed by atoms with van der Waals surface area (Å²) < 4.78 is 46.1. The summed E-state index contributed by atoms with van der Waals surface area (Å²) in [4.78, 5) is 12.3. The fraction of sp³-hybridized carbons (Fsp3) is 0.278. The molecule has 0 heterocycles. The van der Waals surface area contributed by atoms with Gasteiger partial charge >= 0.3 is 6.36 Å². The van der Waals surface area contributed by atoms with E-state index < -0.39 is 24.1 Å². The minimum absolute atomic E-state index is 0.0662. The minimum atomic E-state index is -4.81. The van der Waals surface area contributed by atoms with Crippen LogP contribution in [0.15, 0.2) is 54.6 Å². The average Bonchev–Trinajstić information content (AvgIpc) is 2.55. The Morgan fingerprint density at radius 1 is 1.08 bits per heavy atom. The highest BCUT2D eigenvalue weighted by Crippen LogP contribution is 2.24. The summed E-state index contributed by atoms with van der Waals surface area (Å²) in [6.45, 7) is 1.76. The van der Waals surface area contributed by atoms with E-state index in [9.17, 15) is 18.0 Å². The van der Waals surface area contributed by atoms with Crippen molar-refractivity contribution >= 4 is 5.91 Å². The molecule has 4 nitrogen and oxygen atoms in total. The molecule has 0 fully saturated rings. The summed E-state index contributed by atoms with van der Waals surface area (Å²) in [6, 6.07) is 13.8. The number of hydrogen-bond donors (Lipinski definition) is 1. The molecule has 1 amide bonds. The van der Waals surface area contributed by atoms with Crippen LogP contribution in [0.4, 0.5) is 13.2 Å². The Morgan fingerprint density at radius 2 is 1.76 bits per heavy atom. The number of rotatable bonds is 6. The molecule has 0 bridgehead atoms. The molecule has 2 unspecified atom stereocenters. The van der Waals surface area contributed by atoms with Gasteiger partial charge in [-0.25, -0.2) is 0 Å². The van der Waals surface area contributed by atoms with Crippen LogP contribution in [0.25, 0.3) is 0 Å². The number of hydrogen-bond acceptors (Lipinski definition) is 3. The highest BCUT2D eigenvalue weighted by Gasteiger charge is 2.31. The Morgan fingerprint density at radius 3 is 2.36 bits per heavy atom. The monoisotopic (exact) mass is 353 g/mol. The number of carbonyl (C=O) groups is 1. The largest absolute Gasteiger partial charge is 0.573 e. The average molecular weight is 353 g/mol. The molecular formula is C18H18F3NO3. The van der Waals surface area contributed by atoms with E-state index in [1.54, 1.807) is 6.92 Å². The maximum absolute atomic E-state index is 12.3. The van der Waals surface area contributed by atoms with Gasteiger partial charge in [0, 0.05) is 12.7 Å². The van der Waals surface area contributed by atoms with Gasteiger partial charge in [0.15, 0.2) is 0 Å². The number of methoxy groups -OCH3 is 1. The van der Waals surface area contributed by atoms with Crippen LogP contribution in [-0.2, 0) is 4.74 Å². The van der Waals surface area contributed by atoms with Crippen LogP contribution in [0, 0.1) is 0 Å². The number of alkyl halides is 3. The molecule has 0 radical (unpaired) electrons. The van der Waals surface area contributed by atoms with E-state index in [1.165, 1.54) is 19.2 Å². The normalized spacial score (nSPS) is 13.8. The summed E-state index contributed by atoms with van der Waals surface area (Å²) in [5, 5.41) is 2.73. The van der Waals surface area contributed by atoms with Crippen LogP contribution >= 0.6 is 0 Å². The van der Waals surface area contributed by atoms with E-state index in [0.29, 0.717) is 0 Å². The van der Waals surface area contributed by atoms with Gasteiger partial charge in [0.05, 0.1) is 6.04 Å². The molecule has 0 aliphatic carbocycles. The van der Waals surface area contributed by atoms with E-state index >= 15 is 0 Å². The highest BCUT2D eigenvalue weighted by molar-refractivity contribution is 5.94. The van der Waals surface area contributed by atoms with Crippen molar-refractivity contribution in [3.63, 3.8) is 0 Å². The first kappa shape index (κ1) is 18.8. The third kappa shape index (κ3) is 5.49. The molecule has 2 atom stereocenters. The summed E-state index contributed by atoms with van der Waals surface area (Å²) in [5.74, 6) is -0.961. The quantitative estimate of drug-likeness (QED) is 0.851. The van der Waals surface area contributed by atoms with Gasteiger partial charge in [0.1, 0.15) is 11.9 Å². The van der Waals surface area contributed by atoms with Crippen molar-refractivity contribution in [1.82, 2.24) is 5.32 Å². The zero-order chi connectivity index (χ0) is 18.4. The van der Waals surface area contributed by atoms with Gasteiger partial charge in [0.25, 0.3) is 5.91 Å². The lowest BCUT2D eigenvalue weighted by Gasteiger charge is -2.24.